The second-order valence-electron chi connectivity index (χ2n) is 6.40. The molecule has 1 amide bonds. The molecule has 0 aromatic heterocycles. The Balaban J connectivity index is 1.67. The van der Waals surface area contributed by atoms with Gasteiger partial charge in [0.2, 0.25) is 5.91 Å². The average molecular weight is 316 g/mol. The number of piperidine rings is 1. The molecule has 126 valence electrons. The Morgan fingerprint density at radius 2 is 1.87 bits per heavy atom. The molecule has 0 radical (unpaired) electrons. The fourth-order valence-electron chi connectivity index (χ4n) is 3.10. The summed E-state index contributed by atoms with van der Waals surface area (Å²) in [6, 6.07) is 7.20. The predicted molar refractivity (Wildman–Crippen MR) is 93.8 cm³/mol. The van der Waals surface area contributed by atoms with Gasteiger partial charge in [-0.2, -0.15) is 0 Å². The maximum absolute atomic E-state index is 12.2. The fourth-order valence-corrected chi connectivity index (χ4v) is 3.10. The van der Waals surface area contributed by atoms with Crippen LogP contribution >= 0.6 is 0 Å². The van der Waals surface area contributed by atoms with E-state index in [1.54, 1.807) is 12.1 Å². The van der Waals surface area contributed by atoms with Crippen molar-refractivity contribution in [2.24, 2.45) is 0 Å². The van der Waals surface area contributed by atoms with Crippen molar-refractivity contribution in [3.05, 3.63) is 29.8 Å². The molecule has 1 saturated heterocycles. The number of hydrogen-bond donors (Lipinski definition) is 1. The summed E-state index contributed by atoms with van der Waals surface area (Å²) in [6.45, 7) is 5.13. The quantitative estimate of drug-likeness (QED) is 0.585. The molecule has 0 atom stereocenters. The lowest BCUT2D eigenvalue weighted by atomic mass is 10.0. The van der Waals surface area contributed by atoms with Crippen molar-refractivity contribution < 1.29 is 9.59 Å². The summed E-state index contributed by atoms with van der Waals surface area (Å²) in [4.78, 5) is 25.8. The Kier molecular flexibility index (Phi) is 7.27. The van der Waals surface area contributed by atoms with Crippen LogP contribution in [0.4, 0.5) is 5.69 Å². The number of benzene rings is 1. The first-order chi connectivity index (χ1) is 11.1. The van der Waals surface area contributed by atoms with Crippen molar-refractivity contribution in [3.8, 4) is 0 Å². The van der Waals surface area contributed by atoms with Crippen molar-refractivity contribution in [1.82, 2.24) is 4.90 Å². The van der Waals surface area contributed by atoms with Crippen molar-refractivity contribution in [1.29, 1.82) is 0 Å². The minimum atomic E-state index is -0.118. The molecule has 1 N–H and O–H groups in total. The summed E-state index contributed by atoms with van der Waals surface area (Å²) in [5.74, 6) is 0.0440. The second-order valence-corrected chi connectivity index (χ2v) is 6.40. The van der Waals surface area contributed by atoms with Gasteiger partial charge in [-0.3, -0.25) is 9.59 Å². The summed E-state index contributed by atoms with van der Waals surface area (Å²) in [5.41, 5.74) is 1.38. The summed E-state index contributed by atoms with van der Waals surface area (Å²) >= 11 is 0. The number of amides is 1. The van der Waals surface area contributed by atoms with Crippen molar-refractivity contribution in [2.45, 2.75) is 51.9 Å². The van der Waals surface area contributed by atoms with Crippen LogP contribution in [0.3, 0.4) is 0 Å². The number of nitrogens with zero attached hydrogens (tertiary/aromatic N) is 1. The number of carbonyl (C=O) groups is 2. The number of hydrogen-bond acceptors (Lipinski definition) is 3. The minimum absolute atomic E-state index is 0.118. The molecule has 4 nitrogen and oxygen atoms in total. The highest BCUT2D eigenvalue weighted by atomic mass is 16.1. The summed E-state index contributed by atoms with van der Waals surface area (Å²) in [7, 11) is 0. The van der Waals surface area contributed by atoms with Crippen molar-refractivity contribution in [2.75, 3.05) is 25.0 Å². The first-order valence-electron chi connectivity index (χ1n) is 8.78. The number of ketones is 1. The molecule has 1 aromatic rings. The Morgan fingerprint density at radius 3 is 2.61 bits per heavy atom. The smallest absolute Gasteiger partial charge is 0.221 e. The third kappa shape index (κ3) is 6.53. The number of Topliss-reactive ketones (excluding diaryl/α,β-unsaturated/α-hetero) is 1. The van der Waals surface area contributed by atoms with E-state index in [0.29, 0.717) is 17.7 Å². The van der Waals surface area contributed by atoms with Gasteiger partial charge in [-0.25, -0.2) is 0 Å². The number of rotatable bonds is 8. The van der Waals surface area contributed by atoms with E-state index >= 15 is 0 Å². The largest absolute Gasteiger partial charge is 0.326 e. The zero-order chi connectivity index (χ0) is 16.5. The van der Waals surface area contributed by atoms with E-state index in [1.807, 2.05) is 12.1 Å². The molecule has 0 unspecified atom stereocenters. The average Bonchev–Trinajstić information content (AvgIpc) is 2.55. The van der Waals surface area contributed by atoms with Crippen LogP contribution in [0.1, 0.15) is 62.2 Å². The van der Waals surface area contributed by atoms with E-state index in [4.69, 9.17) is 0 Å². The van der Waals surface area contributed by atoms with E-state index in [0.717, 1.165) is 12.8 Å². The van der Waals surface area contributed by atoms with E-state index in [1.165, 1.54) is 52.2 Å². The molecule has 0 aliphatic carbocycles. The van der Waals surface area contributed by atoms with Crippen LogP contribution in [0, 0.1) is 0 Å². The van der Waals surface area contributed by atoms with Gasteiger partial charge in [0, 0.05) is 24.6 Å². The van der Waals surface area contributed by atoms with Crippen molar-refractivity contribution >= 4 is 17.4 Å². The van der Waals surface area contributed by atoms with Crippen LogP contribution in [0.2, 0.25) is 0 Å². The fraction of sp³-hybridized carbons (Fsp3) is 0.579. The maximum atomic E-state index is 12.2. The summed E-state index contributed by atoms with van der Waals surface area (Å²) < 4.78 is 0. The van der Waals surface area contributed by atoms with Crippen molar-refractivity contribution in [3.63, 3.8) is 0 Å². The number of likely N-dealkylation sites (tertiary alicyclic amines) is 1. The van der Waals surface area contributed by atoms with Gasteiger partial charge >= 0.3 is 0 Å². The first kappa shape index (κ1) is 17.7. The normalized spacial score (nSPS) is 15.3. The molecule has 0 saturated carbocycles. The van der Waals surface area contributed by atoms with Crippen LogP contribution in [0.15, 0.2) is 24.3 Å². The van der Waals surface area contributed by atoms with E-state index < -0.39 is 0 Å². The first-order valence-corrected chi connectivity index (χ1v) is 8.78. The molecule has 0 spiro atoms. The maximum Gasteiger partial charge on any atom is 0.221 e. The monoisotopic (exact) mass is 316 g/mol. The lowest BCUT2D eigenvalue weighted by molar-refractivity contribution is -0.114. The zero-order valence-corrected chi connectivity index (χ0v) is 14.1. The lowest BCUT2D eigenvalue weighted by Crippen LogP contribution is -2.30. The standard InChI is InChI=1S/C19H28N2O2/c1-16(22)20-18-10-8-9-17(15-18)19(23)11-4-2-5-12-21-13-6-3-7-14-21/h8-10,15H,2-7,11-14H2,1H3,(H,20,22). The Labute approximate surface area is 139 Å². The SMILES string of the molecule is CC(=O)Nc1cccc(C(=O)CCCCCN2CCCCC2)c1. The van der Waals surface area contributed by atoms with Gasteiger partial charge in [-0.05, 0) is 57.5 Å². The molecule has 1 aromatic carbocycles. The lowest BCUT2D eigenvalue weighted by Gasteiger charge is -2.26. The summed E-state index contributed by atoms with van der Waals surface area (Å²) in [6.07, 6.45) is 7.86. The molecule has 2 rings (SSSR count). The highest BCUT2D eigenvalue weighted by molar-refractivity contribution is 5.98. The molecule has 4 heteroatoms. The van der Waals surface area contributed by atoms with E-state index in [2.05, 4.69) is 10.2 Å². The van der Waals surface area contributed by atoms with Crippen LogP contribution in [0.25, 0.3) is 0 Å². The van der Waals surface area contributed by atoms with Gasteiger partial charge in [0.25, 0.3) is 0 Å². The third-order valence-corrected chi connectivity index (χ3v) is 4.33. The predicted octanol–water partition coefficient (Wildman–Crippen LogP) is 3.87. The van der Waals surface area contributed by atoms with Gasteiger partial charge < -0.3 is 10.2 Å². The van der Waals surface area contributed by atoms with Crippen LogP contribution in [0.5, 0.6) is 0 Å². The van der Waals surface area contributed by atoms with Crippen LogP contribution in [-0.4, -0.2) is 36.2 Å². The highest BCUT2D eigenvalue weighted by Crippen LogP contribution is 2.15. The Hall–Kier alpha value is -1.68. The number of carbonyl (C=O) groups excluding carboxylic acids is 2. The Morgan fingerprint density at radius 1 is 1.09 bits per heavy atom. The molecule has 1 fully saturated rings. The number of nitrogens with one attached hydrogen (secondary N) is 1. The van der Waals surface area contributed by atoms with Gasteiger partial charge in [-0.1, -0.05) is 25.0 Å². The van der Waals surface area contributed by atoms with Crippen LogP contribution in [-0.2, 0) is 4.79 Å². The number of anilines is 1. The Bertz CT molecular complexity index is 522. The van der Waals surface area contributed by atoms with Crippen LogP contribution < -0.4 is 5.32 Å². The molecule has 0 bridgehead atoms. The topological polar surface area (TPSA) is 49.4 Å². The molecule has 1 aliphatic heterocycles. The van der Waals surface area contributed by atoms with E-state index in [-0.39, 0.29) is 11.7 Å². The van der Waals surface area contributed by atoms with Gasteiger partial charge in [0.05, 0.1) is 0 Å². The van der Waals surface area contributed by atoms with E-state index in [9.17, 15) is 9.59 Å². The van der Waals surface area contributed by atoms with Gasteiger partial charge in [0.15, 0.2) is 5.78 Å². The minimum Gasteiger partial charge on any atom is -0.326 e. The molecule has 1 heterocycles. The highest BCUT2D eigenvalue weighted by Gasteiger charge is 2.10. The zero-order valence-electron chi connectivity index (χ0n) is 14.1. The third-order valence-electron chi connectivity index (χ3n) is 4.33. The van der Waals surface area contributed by atoms with Gasteiger partial charge in [0.1, 0.15) is 0 Å². The molecular weight excluding hydrogens is 288 g/mol. The number of unbranched alkanes of at least 4 members (excludes halogenated alkanes) is 2. The van der Waals surface area contributed by atoms with Gasteiger partial charge in [-0.15, -0.1) is 0 Å². The molecule has 23 heavy (non-hydrogen) atoms. The molecular formula is C19H28N2O2. The molecule has 1 aliphatic rings. The summed E-state index contributed by atoms with van der Waals surface area (Å²) in [5, 5.41) is 2.72. The second kappa shape index (κ2) is 9.46.